The molecule has 0 aromatic carbocycles. The minimum atomic E-state index is 0.435. The van der Waals surface area contributed by atoms with Crippen LogP contribution in [0.4, 0.5) is 0 Å². The van der Waals surface area contributed by atoms with Gasteiger partial charge in [0.2, 0.25) is 0 Å². The molecule has 5 nitrogen and oxygen atoms in total. The third-order valence-corrected chi connectivity index (χ3v) is 5.78. The smallest absolute Gasteiger partial charge is 0.193 e. The van der Waals surface area contributed by atoms with Gasteiger partial charge in [-0.05, 0) is 31.6 Å². The van der Waals surface area contributed by atoms with Gasteiger partial charge in [-0.25, -0.2) is 0 Å². The van der Waals surface area contributed by atoms with Gasteiger partial charge in [-0.15, -0.1) is 0 Å². The highest BCUT2D eigenvalue weighted by Crippen LogP contribution is 2.37. The minimum absolute atomic E-state index is 0.435. The van der Waals surface area contributed by atoms with Crippen molar-refractivity contribution in [1.82, 2.24) is 15.1 Å². The lowest BCUT2D eigenvalue weighted by molar-refractivity contribution is 0.0195. The van der Waals surface area contributed by atoms with E-state index in [1.54, 1.807) is 0 Å². The highest BCUT2D eigenvalue weighted by atomic mass is 16.5. The van der Waals surface area contributed by atoms with Crippen molar-refractivity contribution in [1.29, 1.82) is 0 Å². The second kappa shape index (κ2) is 7.84. The summed E-state index contributed by atoms with van der Waals surface area (Å²) in [6, 6.07) is 0.671. The fraction of sp³-hybridized carbons (Fsp3) is 0.944. The van der Waals surface area contributed by atoms with Crippen LogP contribution in [-0.4, -0.2) is 74.3 Å². The predicted octanol–water partition coefficient (Wildman–Crippen LogP) is 1.94. The third-order valence-electron chi connectivity index (χ3n) is 5.78. The van der Waals surface area contributed by atoms with Crippen molar-refractivity contribution in [2.24, 2.45) is 10.4 Å². The predicted molar refractivity (Wildman–Crippen MR) is 94.9 cm³/mol. The van der Waals surface area contributed by atoms with Crippen molar-refractivity contribution >= 4 is 5.96 Å². The highest BCUT2D eigenvalue weighted by molar-refractivity contribution is 5.80. The Morgan fingerprint density at radius 2 is 1.96 bits per heavy atom. The van der Waals surface area contributed by atoms with E-state index in [1.807, 2.05) is 0 Å². The zero-order chi connectivity index (χ0) is 16.1. The molecule has 1 atom stereocenters. The summed E-state index contributed by atoms with van der Waals surface area (Å²) < 4.78 is 5.49. The number of morpholine rings is 1. The zero-order valence-electron chi connectivity index (χ0n) is 15.0. The molecule has 0 aromatic heterocycles. The van der Waals surface area contributed by atoms with Crippen LogP contribution in [-0.2, 0) is 4.74 Å². The third kappa shape index (κ3) is 4.38. The second-order valence-corrected chi connectivity index (χ2v) is 7.72. The summed E-state index contributed by atoms with van der Waals surface area (Å²) in [5, 5.41) is 3.52. The van der Waals surface area contributed by atoms with Gasteiger partial charge in [-0.1, -0.05) is 19.8 Å². The Hall–Kier alpha value is -0.810. The molecule has 0 bridgehead atoms. The molecule has 0 radical (unpaired) electrons. The van der Waals surface area contributed by atoms with E-state index in [9.17, 15) is 0 Å². The van der Waals surface area contributed by atoms with E-state index in [0.717, 1.165) is 58.4 Å². The van der Waals surface area contributed by atoms with Gasteiger partial charge in [-0.3, -0.25) is 9.89 Å². The van der Waals surface area contributed by atoms with Gasteiger partial charge in [0.25, 0.3) is 0 Å². The number of rotatable bonds is 4. The Kier molecular flexibility index (Phi) is 5.81. The van der Waals surface area contributed by atoms with Crippen LogP contribution in [0.3, 0.4) is 0 Å². The number of nitrogens with zero attached hydrogens (tertiary/aromatic N) is 3. The number of hydrogen-bond donors (Lipinski definition) is 1. The monoisotopic (exact) mass is 322 g/mol. The number of hydrogen-bond acceptors (Lipinski definition) is 3. The Bertz CT molecular complexity index is 400. The normalized spacial score (nSPS) is 29.2. The number of likely N-dealkylation sites (tertiary alicyclic amines) is 1. The summed E-state index contributed by atoms with van der Waals surface area (Å²) in [5.41, 5.74) is 0.435. The molecule has 132 valence electrons. The lowest BCUT2D eigenvalue weighted by Crippen LogP contribution is -2.46. The molecule has 1 N–H and O–H groups in total. The number of aliphatic imine (C=N–C) groups is 1. The van der Waals surface area contributed by atoms with E-state index >= 15 is 0 Å². The van der Waals surface area contributed by atoms with E-state index in [4.69, 9.17) is 9.73 Å². The molecule has 1 aliphatic carbocycles. The molecule has 1 saturated carbocycles. The first-order valence-electron chi connectivity index (χ1n) is 9.55. The molecule has 1 unspecified atom stereocenters. The van der Waals surface area contributed by atoms with Gasteiger partial charge < -0.3 is 15.0 Å². The van der Waals surface area contributed by atoms with Crippen molar-refractivity contribution in [2.45, 2.75) is 52.0 Å². The molecule has 0 amide bonds. The Labute approximate surface area is 141 Å². The fourth-order valence-corrected chi connectivity index (χ4v) is 4.25. The molecule has 3 rings (SSSR count). The SMILES string of the molecule is CCNC(=NCC1(C)CCCC1)N1CCC(N2CCOCC2)C1. The minimum Gasteiger partial charge on any atom is -0.379 e. The summed E-state index contributed by atoms with van der Waals surface area (Å²) in [6.45, 7) is 12.7. The van der Waals surface area contributed by atoms with Crippen LogP contribution < -0.4 is 5.32 Å². The first kappa shape index (κ1) is 17.0. The topological polar surface area (TPSA) is 40.1 Å². The second-order valence-electron chi connectivity index (χ2n) is 7.72. The van der Waals surface area contributed by atoms with Crippen LogP contribution in [0.5, 0.6) is 0 Å². The lowest BCUT2D eigenvalue weighted by atomic mass is 9.89. The van der Waals surface area contributed by atoms with Gasteiger partial charge in [0, 0.05) is 45.3 Å². The molecule has 0 aromatic rings. The molecule has 23 heavy (non-hydrogen) atoms. The molecule has 3 fully saturated rings. The van der Waals surface area contributed by atoms with Crippen LogP contribution in [0.25, 0.3) is 0 Å². The van der Waals surface area contributed by atoms with Gasteiger partial charge in [0.05, 0.1) is 13.2 Å². The van der Waals surface area contributed by atoms with Crippen LogP contribution >= 0.6 is 0 Å². The Morgan fingerprint density at radius 1 is 1.22 bits per heavy atom. The molecule has 0 spiro atoms. The average molecular weight is 322 g/mol. The molecule has 2 saturated heterocycles. The van der Waals surface area contributed by atoms with E-state index in [2.05, 4.69) is 29.0 Å². The van der Waals surface area contributed by atoms with E-state index in [0.29, 0.717) is 11.5 Å². The summed E-state index contributed by atoms with van der Waals surface area (Å²) in [4.78, 5) is 10.1. The molecule has 5 heteroatoms. The van der Waals surface area contributed by atoms with E-state index in [1.165, 1.54) is 32.1 Å². The summed E-state index contributed by atoms with van der Waals surface area (Å²) in [7, 11) is 0. The molecular weight excluding hydrogens is 288 g/mol. The Morgan fingerprint density at radius 3 is 2.65 bits per heavy atom. The summed E-state index contributed by atoms with van der Waals surface area (Å²) in [5.74, 6) is 1.14. The van der Waals surface area contributed by atoms with Gasteiger partial charge in [-0.2, -0.15) is 0 Å². The number of guanidine groups is 1. The molecular formula is C18H34N4O. The molecule has 2 aliphatic heterocycles. The molecule has 2 heterocycles. The summed E-state index contributed by atoms with van der Waals surface area (Å²) in [6.07, 6.45) is 6.69. The lowest BCUT2D eigenvalue weighted by Gasteiger charge is -2.32. The zero-order valence-corrected chi connectivity index (χ0v) is 15.0. The van der Waals surface area contributed by atoms with E-state index < -0.39 is 0 Å². The van der Waals surface area contributed by atoms with Crippen LogP contribution in [0.1, 0.15) is 46.0 Å². The van der Waals surface area contributed by atoms with Crippen molar-refractivity contribution in [2.75, 3.05) is 52.5 Å². The summed E-state index contributed by atoms with van der Waals surface area (Å²) >= 11 is 0. The van der Waals surface area contributed by atoms with Crippen molar-refractivity contribution < 1.29 is 4.74 Å². The quantitative estimate of drug-likeness (QED) is 0.634. The van der Waals surface area contributed by atoms with Crippen molar-refractivity contribution in [3.63, 3.8) is 0 Å². The Balaban J connectivity index is 1.57. The largest absolute Gasteiger partial charge is 0.379 e. The first-order valence-corrected chi connectivity index (χ1v) is 9.55. The first-order chi connectivity index (χ1) is 11.2. The van der Waals surface area contributed by atoms with Gasteiger partial charge in [0.1, 0.15) is 0 Å². The number of ether oxygens (including phenoxy) is 1. The maximum atomic E-state index is 5.49. The van der Waals surface area contributed by atoms with Gasteiger partial charge >= 0.3 is 0 Å². The van der Waals surface area contributed by atoms with Crippen LogP contribution in [0.2, 0.25) is 0 Å². The van der Waals surface area contributed by atoms with Crippen molar-refractivity contribution in [3.05, 3.63) is 0 Å². The van der Waals surface area contributed by atoms with Crippen LogP contribution in [0.15, 0.2) is 4.99 Å². The standard InChI is InChI=1S/C18H34N4O/c1-3-19-17(20-15-18(2)7-4-5-8-18)22-9-6-16(14-22)21-10-12-23-13-11-21/h16H,3-15H2,1-2H3,(H,19,20). The maximum Gasteiger partial charge on any atom is 0.193 e. The maximum absolute atomic E-state index is 5.49. The number of nitrogens with one attached hydrogen (secondary N) is 1. The highest BCUT2D eigenvalue weighted by Gasteiger charge is 2.32. The van der Waals surface area contributed by atoms with Crippen molar-refractivity contribution in [3.8, 4) is 0 Å². The fourth-order valence-electron chi connectivity index (χ4n) is 4.25. The molecule has 3 aliphatic rings. The van der Waals surface area contributed by atoms with E-state index in [-0.39, 0.29) is 0 Å². The van der Waals surface area contributed by atoms with Crippen LogP contribution in [0, 0.1) is 5.41 Å². The van der Waals surface area contributed by atoms with Gasteiger partial charge in [0.15, 0.2) is 5.96 Å². The average Bonchev–Trinajstić information content (AvgIpc) is 3.22.